The van der Waals surface area contributed by atoms with Crippen molar-refractivity contribution in [3.8, 4) is 10.7 Å². The summed E-state index contributed by atoms with van der Waals surface area (Å²) in [6.45, 7) is 7.06. The molecule has 0 aliphatic carbocycles. The lowest BCUT2D eigenvalue weighted by Gasteiger charge is -2.30. The molecule has 2 aromatic rings. The van der Waals surface area contributed by atoms with Crippen LogP contribution in [-0.2, 0) is 0 Å². The van der Waals surface area contributed by atoms with Crippen molar-refractivity contribution in [2.45, 2.75) is 26.7 Å². The number of hydrogen-bond donors (Lipinski definition) is 2. The third-order valence-electron chi connectivity index (χ3n) is 4.10. The van der Waals surface area contributed by atoms with E-state index in [9.17, 15) is 0 Å². The standard InChI is InChI=1S/C14H21N5S/c1-9-7-12(20-10(9)2)13-16-14(18-17-13)19-5-3-11(8-15)4-6-19/h7,11H,3-6,8,15H2,1-2H3,(H,16,17,18). The van der Waals surface area contributed by atoms with Gasteiger partial charge in [0.25, 0.3) is 0 Å². The van der Waals surface area contributed by atoms with Crippen molar-refractivity contribution in [3.05, 3.63) is 16.5 Å². The summed E-state index contributed by atoms with van der Waals surface area (Å²) in [5.74, 6) is 2.36. The summed E-state index contributed by atoms with van der Waals surface area (Å²) in [6.07, 6.45) is 2.27. The molecule has 108 valence electrons. The molecule has 0 bridgehead atoms. The number of rotatable bonds is 3. The number of hydrogen-bond acceptors (Lipinski definition) is 5. The SMILES string of the molecule is Cc1cc(-c2nc(N3CCC(CN)CC3)n[nH]2)sc1C. The zero-order valence-electron chi connectivity index (χ0n) is 12.0. The van der Waals surface area contributed by atoms with E-state index in [2.05, 4.69) is 40.0 Å². The second kappa shape index (κ2) is 5.54. The van der Waals surface area contributed by atoms with Crippen LogP contribution in [0, 0.1) is 19.8 Å². The molecule has 1 saturated heterocycles. The maximum Gasteiger partial charge on any atom is 0.245 e. The number of aromatic nitrogens is 3. The minimum Gasteiger partial charge on any atom is -0.340 e. The smallest absolute Gasteiger partial charge is 0.245 e. The Morgan fingerprint density at radius 1 is 1.40 bits per heavy atom. The summed E-state index contributed by atoms with van der Waals surface area (Å²) >= 11 is 1.76. The van der Waals surface area contributed by atoms with Crippen LogP contribution in [0.25, 0.3) is 10.7 Å². The van der Waals surface area contributed by atoms with Gasteiger partial charge in [-0.05, 0) is 50.8 Å². The van der Waals surface area contributed by atoms with Crippen molar-refractivity contribution in [2.75, 3.05) is 24.5 Å². The summed E-state index contributed by atoms with van der Waals surface area (Å²) in [5, 5.41) is 7.44. The first kappa shape index (κ1) is 13.6. The molecule has 0 spiro atoms. The van der Waals surface area contributed by atoms with Crippen LogP contribution >= 0.6 is 11.3 Å². The lowest BCUT2D eigenvalue weighted by Crippen LogP contribution is -2.36. The number of aryl methyl sites for hydroxylation is 2. The quantitative estimate of drug-likeness (QED) is 0.910. The molecule has 6 heteroatoms. The highest BCUT2D eigenvalue weighted by Crippen LogP contribution is 2.29. The van der Waals surface area contributed by atoms with Gasteiger partial charge in [-0.3, -0.25) is 5.10 Å². The minimum atomic E-state index is 0.659. The zero-order chi connectivity index (χ0) is 14.1. The number of nitrogens with two attached hydrogens (primary N) is 1. The van der Waals surface area contributed by atoms with Crippen molar-refractivity contribution in [1.29, 1.82) is 0 Å². The lowest BCUT2D eigenvalue weighted by atomic mass is 9.97. The van der Waals surface area contributed by atoms with Crippen LogP contribution in [-0.4, -0.2) is 34.8 Å². The number of nitrogens with one attached hydrogen (secondary N) is 1. The molecule has 0 saturated carbocycles. The second-order valence-electron chi connectivity index (χ2n) is 5.50. The maximum absolute atomic E-state index is 5.73. The Hall–Kier alpha value is -1.40. The summed E-state index contributed by atoms with van der Waals surface area (Å²) in [7, 11) is 0. The normalized spacial score (nSPS) is 16.9. The first-order chi connectivity index (χ1) is 9.67. The molecular formula is C14H21N5S. The monoisotopic (exact) mass is 291 g/mol. The number of piperidine rings is 1. The highest BCUT2D eigenvalue weighted by Gasteiger charge is 2.21. The van der Waals surface area contributed by atoms with E-state index in [0.717, 1.165) is 49.1 Å². The molecule has 1 aliphatic heterocycles. The molecule has 3 rings (SSSR count). The molecule has 1 fully saturated rings. The summed E-state index contributed by atoms with van der Waals surface area (Å²) in [5.41, 5.74) is 7.04. The Labute approximate surface area is 123 Å². The summed E-state index contributed by atoms with van der Waals surface area (Å²) < 4.78 is 0. The van der Waals surface area contributed by atoms with Crippen molar-refractivity contribution in [2.24, 2.45) is 11.7 Å². The van der Waals surface area contributed by atoms with Crippen molar-refractivity contribution < 1.29 is 0 Å². The first-order valence-electron chi connectivity index (χ1n) is 7.12. The number of aromatic amines is 1. The van der Waals surface area contributed by atoms with E-state index in [-0.39, 0.29) is 0 Å². The molecule has 1 aliphatic rings. The highest BCUT2D eigenvalue weighted by molar-refractivity contribution is 7.15. The lowest BCUT2D eigenvalue weighted by molar-refractivity contribution is 0.411. The number of H-pyrrole nitrogens is 1. The van der Waals surface area contributed by atoms with Crippen LogP contribution in [0.1, 0.15) is 23.3 Å². The van der Waals surface area contributed by atoms with Crippen LogP contribution in [0.5, 0.6) is 0 Å². The fourth-order valence-corrected chi connectivity index (χ4v) is 3.54. The summed E-state index contributed by atoms with van der Waals surface area (Å²) in [4.78, 5) is 9.39. The Morgan fingerprint density at radius 2 is 2.15 bits per heavy atom. The van der Waals surface area contributed by atoms with E-state index >= 15 is 0 Å². The van der Waals surface area contributed by atoms with Gasteiger partial charge >= 0.3 is 0 Å². The largest absolute Gasteiger partial charge is 0.340 e. The predicted molar refractivity (Wildman–Crippen MR) is 83.2 cm³/mol. The van der Waals surface area contributed by atoms with E-state index in [1.165, 1.54) is 10.4 Å². The minimum absolute atomic E-state index is 0.659. The highest BCUT2D eigenvalue weighted by atomic mass is 32.1. The molecule has 20 heavy (non-hydrogen) atoms. The third-order valence-corrected chi connectivity index (χ3v) is 5.26. The number of thiophene rings is 1. The van der Waals surface area contributed by atoms with Gasteiger partial charge in [-0.25, -0.2) is 0 Å². The van der Waals surface area contributed by atoms with Gasteiger partial charge < -0.3 is 10.6 Å². The fraction of sp³-hybridized carbons (Fsp3) is 0.571. The molecule has 0 amide bonds. The van der Waals surface area contributed by atoms with Crippen LogP contribution < -0.4 is 10.6 Å². The van der Waals surface area contributed by atoms with Crippen LogP contribution in [0.15, 0.2) is 6.07 Å². The molecule has 3 heterocycles. The van der Waals surface area contributed by atoms with Crippen molar-refractivity contribution in [3.63, 3.8) is 0 Å². The molecule has 0 atom stereocenters. The van der Waals surface area contributed by atoms with Crippen molar-refractivity contribution >= 4 is 17.3 Å². The van der Waals surface area contributed by atoms with Gasteiger partial charge in [-0.15, -0.1) is 16.4 Å². The van der Waals surface area contributed by atoms with E-state index in [1.807, 2.05) is 0 Å². The van der Waals surface area contributed by atoms with E-state index in [0.29, 0.717) is 5.92 Å². The molecule has 2 aromatic heterocycles. The topological polar surface area (TPSA) is 70.8 Å². The molecule has 5 nitrogen and oxygen atoms in total. The second-order valence-corrected chi connectivity index (χ2v) is 6.76. The number of anilines is 1. The van der Waals surface area contributed by atoms with E-state index < -0.39 is 0 Å². The maximum atomic E-state index is 5.73. The Balaban J connectivity index is 1.74. The van der Waals surface area contributed by atoms with Crippen LogP contribution in [0.4, 0.5) is 5.95 Å². The van der Waals surface area contributed by atoms with Gasteiger partial charge in [-0.1, -0.05) is 0 Å². The molecular weight excluding hydrogens is 270 g/mol. The Kier molecular flexibility index (Phi) is 3.76. The van der Waals surface area contributed by atoms with Crippen LogP contribution in [0.3, 0.4) is 0 Å². The van der Waals surface area contributed by atoms with Gasteiger partial charge in [0.05, 0.1) is 4.88 Å². The van der Waals surface area contributed by atoms with Gasteiger partial charge in [0.1, 0.15) is 0 Å². The molecule has 0 radical (unpaired) electrons. The van der Waals surface area contributed by atoms with Crippen LogP contribution in [0.2, 0.25) is 0 Å². The van der Waals surface area contributed by atoms with Gasteiger partial charge in [0, 0.05) is 18.0 Å². The Bertz CT molecular complexity index is 561. The zero-order valence-corrected chi connectivity index (χ0v) is 12.8. The number of nitrogens with zero attached hydrogens (tertiary/aromatic N) is 3. The predicted octanol–water partition coefficient (Wildman–Crippen LogP) is 2.33. The average Bonchev–Trinajstić information content (AvgIpc) is 3.07. The molecule has 0 unspecified atom stereocenters. The van der Waals surface area contributed by atoms with Gasteiger partial charge in [0.15, 0.2) is 5.82 Å². The molecule has 0 aromatic carbocycles. The Morgan fingerprint density at radius 3 is 2.75 bits per heavy atom. The summed E-state index contributed by atoms with van der Waals surface area (Å²) in [6, 6.07) is 2.17. The van der Waals surface area contributed by atoms with Gasteiger partial charge in [0.2, 0.25) is 5.95 Å². The molecule has 3 N–H and O–H groups in total. The fourth-order valence-electron chi connectivity index (χ4n) is 2.56. The average molecular weight is 291 g/mol. The first-order valence-corrected chi connectivity index (χ1v) is 7.94. The van der Waals surface area contributed by atoms with E-state index in [4.69, 9.17) is 5.73 Å². The third kappa shape index (κ3) is 2.58. The van der Waals surface area contributed by atoms with Crippen molar-refractivity contribution in [1.82, 2.24) is 15.2 Å². The van der Waals surface area contributed by atoms with Gasteiger partial charge in [-0.2, -0.15) is 4.98 Å². The van der Waals surface area contributed by atoms with E-state index in [1.54, 1.807) is 11.3 Å².